The number of anilines is 1. The molecule has 0 radical (unpaired) electrons. The summed E-state index contributed by atoms with van der Waals surface area (Å²) < 4.78 is 131. The first kappa shape index (κ1) is 48.2. The fourth-order valence-electron chi connectivity index (χ4n) is 7.50. The molecule has 0 atom stereocenters. The number of nitrogens with zero attached hydrogens (tertiary/aromatic N) is 3. The molecule has 0 saturated carbocycles. The molecule has 66 heavy (non-hydrogen) atoms. The summed E-state index contributed by atoms with van der Waals surface area (Å²) in [5.41, 5.74) is 3.24. The average Bonchev–Trinajstić information content (AvgIpc) is 4.08. The van der Waals surface area contributed by atoms with Crippen LogP contribution in [-0.2, 0) is 49.5 Å². The average molecular weight is 964 g/mol. The van der Waals surface area contributed by atoms with Crippen LogP contribution in [0.4, 0.5) is 50.0 Å². The van der Waals surface area contributed by atoms with Crippen molar-refractivity contribution in [1.82, 2.24) is 20.3 Å². The van der Waals surface area contributed by atoms with E-state index in [2.05, 4.69) is 46.9 Å². The van der Waals surface area contributed by atoms with E-state index in [1.165, 1.54) is 32.0 Å². The van der Waals surface area contributed by atoms with E-state index >= 15 is 0 Å². The molecule has 3 aromatic carbocycles. The lowest BCUT2D eigenvalue weighted by molar-refractivity contribution is -0.685. The molecule has 0 fully saturated rings. The molecule has 0 saturated heterocycles. The molecule has 0 aliphatic heterocycles. The number of quaternary nitrogens is 1. The lowest BCUT2D eigenvalue weighted by Crippen LogP contribution is -2.80. The van der Waals surface area contributed by atoms with Gasteiger partial charge in [0.15, 0.2) is 0 Å². The van der Waals surface area contributed by atoms with Gasteiger partial charge in [-0.15, -0.1) is 27.8 Å². The summed E-state index contributed by atoms with van der Waals surface area (Å²) in [5, 5.41) is 14.7. The Morgan fingerprint density at radius 3 is 2.05 bits per heavy atom. The molecule has 4 N–H and O–H groups in total. The zero-order valence-electron chi connectivity index (χ0n) is 35.5. The van der Waals surface area contributed by atoms with Crippen molar-refractivity contribution in [2.75, 3.05) is 25.1 Å². The van der Waals surface area contributed by atoms with Gasteiger partial charge in [-0.2, -0.15) is 39.5 Å². The monoisotopic (exact) mass is 963 g/mol. The largest absolute Gasteiger partial charge is 0.487 e. The van der Waals surface area contributed by atoms with Crippen LogP contribution in [0.1, 0.15) is 73.0 Å². The van der Waals surface area contributed by atoms with Crippen molar-refractivity contribution in [2.24, 2.45) is 0 Å². The SMILES string of the molecule is Cc1sc(C[NH2+]Cc2ccc(OCc3cn(CCOCCNC(=O)Nc4cc(C(F)(F)F)cc(C(F)(F)F)c4)nn3)cc2)cc1C1=C(c2cc(-c3ccc(C(F)(F)F)cc3)sc2C)CCC1. The minimum Gasteiger partial charge on any atom is -0.487 e. The van der Waals surface area contributed by atoms with E-state index in [1.54, 1.807) is 45.7 Å². The zero-order valence-corrected chi connectivity index (χ0v) is 37.1. The second kappa shape index (κ2) is 20.4. The lowest BCUT2D eigenvalue weighted by Gasteiger charge is -2.15. The van der Waals surface area contributed by atoms with E-state index < -0.39 is 46.9 Å². The van der Waals surface area contributed by atoms with Crippen molar-refractivity contribution in [2.45, 2.75) is 77.9 Å². The Kier molecular flexibility index (Phi) is 14.9. The number of alkyl halides is 9. The van der Waals surface area contributed by atoms with Crippen molar-refractivity contribution in [3.63, 3.8) is 0 Å². The maximum absolute atomic E-state index is 13.1. The molecule has 3 aromatic heterocycles. The third-order valence-electron chi connectivity index (χ3n) is 10.7. The minimum atomic E-state index is -5.04. The van der Waals surface area contributed by atoms with Crippen molar-refractivity contribution in [3.05, 3.63) is 139 Å². The molecule has 0 bridgehead atoms. The summed E-state index contributed by atoms with van der Waals surface area (Å²) in [4.78, 5) is 16.8. The number of nitrogens with two attached hydrogens (primary N) is 1. The van der Waals surface area contributed by atoms with E-state index in [0.717, 1.165) is 65.4 Å². The number of halogens is 9. The predicted molar refractivity (Wildman–Crippen MR) is 234 cm³/mol. The summed E-state index contributed by atoms with van der Waals surface area (Å²) >= 11 is 3.42. The van der Waals surface area contributed by atoms with Gasteiger partial charge in [-0.3, -0.25) is 0 Å². The van der Waals surface area contributed by atoms with Crippen LogP contribution in [0.3, 0.4) is 0 Å². The van der Waals surface area contributed by atoms with E-state index in [-0.39, 0.29) is 32.4 Å². The normalized spacial score (nSPS) is 13.4. The van der Waals surface area contributed by atoms with Gasteiger partial charge in [-0.05, 0) is 128 Å². The third-order valence-corrected chi connectivity index (χ3v) is 12.9. The van der Waals surface area contributed by atoms with Gasteiger partial charge in [0.1, 0.15) is 31.1 Å². The number of amides is 2. The van der Waals surface area contributed by atoms with Crippen LogP contribution in [0.5, 0.6) is 5.75 Å². The van der Waals surface area contributed by atoms with Gasteiger partial charge in [0, 0.05) is 32.4 Å². The molecule has 6 aromatic rings. The number of carbonyl (C=O) groups excluding carboxylic acids is 1. The van der Waals surface area contributed by atoms with Gasteiger partial charge in [0.05, 0.1) is 47.5 Å². The Balaban J connectivity index is 0.814. The number of urea groups is 1. The van der Waals surface area contributed by atoms with Crippen LogP contribution in [0.15, 0.2) is 85.1 Å². The first-order chi connectivity index (χ1) is 31.3. The minimum absolute atomic E-state index is 0.00972. The molecule has 2 amide bonds. The number of aryl methyl sites for hydroxylation is 2. The highest BCUT2D eigenvalue weighted by atomic mass is 32.1. The first-order valence-electron chi connectivity index (χ1n) is 20.7. The van der Waals surface area contributed by atoms with Crippen LogP contribution in [0.2, 0.25) is 0 Å². The molecule has 0 spiro atoms. The van der Waals surface area contributed by atoms with E-state index in [0.29, 0.717) is 30.1 Å². The highest BCUT2D eigenvalue weighted by molar-refractivity contribution is 7.15. The molecule has 20 heteroatoms. The Labute approximate surface area is 381 Å². The second-order valence-electron chi connectivity index (χ2n) is 15.5. The van der Waals surface area contributed by atoms with Crippen molar-refractivity contribution >= 4 is 45.5 Å². The number of benzene rings is 3. The summed E-state index contributed by atoms with van der Waals surface area (Å²) in [6.07, 6.45) is -9.75. The topological polar surface area (TPSA) is 107 Å². The highest BCUT2D eigenvalue weighted by Crippen LogP contribution is 2.46. The number of aromatic nitrogens is 3. The summed E-state index contributed by atoms with van der Waals surface area (Å²) in [6.45, 7) is 6.44. The Morgan fingerprint density at radius 1 is 0.758 bits per heavy atom. The number of hydrogen-bond donors (Lipinski definition) is 3. The molecular weight excluding hydrogens is 920 g/mol. The Hall–Kier alpha value is -5.70. The number of hydrogen-bond acceptors (Lipinski definition) is 7. The second-order valence-corrected chi connectivity index (χ2v) is 18.1. The van der Waals surface area contributed by atoms with Crippen LogP contribution in [-0.4, -0.2) is 40.8 Å². The molecule has 3 heterocycles. The maximum atomic E-state index is 13.1. The summed E-state index contributed by atoms with van der Waals surface area (Å²) in [5.74, 6) is 0.661. The smallest absolute Gasteiger partial charge is 0.416 e. The molecular formula is C46H44F9N6O3S2+. The van der Waals surface area contributed by atoms with Crippen molar-refractivity contribution in [1.29, 1.82) is 0 Å². The number of rotatable bonds is 17. The Morgan fingerprint density at radius 2 is 1.39 bits per heavy atom. The van der Waals surface area contributed by atoms with E-state index in [4.69, 9.17) is 9.47 Å². The standard InChI is InChI=1S/C46H43F9N6O3S2/c1-27-40(38-4-3-5-39(38)41-22-42(66-28(41)2)30-8-10-31(11-9-30)44(47,48)49)21-37(65-27)24-56-23-29-6-12-36(13-7-29)64-26-35-25-61(60-59-35)15-17-63-16-14-57-43(62)58-34-19-32(45(50,51)52)18-33(20-34)46(53,54)55/h6-13,18-22,25,56H,3-5,14-17,23-24,26H2,1-2H3,(H2,57,58,62)/p+1. The number of carbonyl (C=O) groups is 1. The van der Waals surface area contributed by atoms with Gasteiger partial charge in [0.2, 0.25) is 0 Å². The maximum Gasteiger partial charge on any atom is 0.416 e. The number of thiophene rings is 2. The lowest BCUT2D eigenvalue weighted by atomic mass is 9.97. The van der Waals surface area contributed by atoms with Crippen LogP contribution in [0.25, 0.3) is 21.6 Å². The van der Waals surface area contributed by atoms with Gasteiger partial charge >= 0.3 is 24.6 Å². The molecule has 1 aliphatic rings. The summed E-state index contributed by atoms with van der Waals surface area (Å²) in [6, 6.07) is 17.4. The molecule has 0 unspecified atom stereocenters. The van der Waals surface area contributed by atoms with Gasteiger partial charge in [-0.25, -0.2) is 9.48 Å². The Bertz CT molecular complexity index is 2620. The first-order valence-corrected chi connectivity index (χ1v) is 22.4. The van der Waals surface area contributed by atoms with E-state index in [9.17, 15) is 44.3 Å². The van der Waals surface area contributed by atoms with Gasteiger partial charge in [0.25, 0.3) is 0 Å². The van der Waals surface area contributed by atoms with E-state index in [1.807, 2.05) is 29.6 Å². The van der Waals surface area contributed by atoms with Crippen LogP contribution in [0, 0.1) is 13.8 Å². The highest BCUT2D eigenvalue weighted by Gasteiger charge is 2.37. The fourth-order valence-corrected chi connectivity index (χ4v) is 9.62. The predicted octanol–water partition coefficient (Wildman–Crippen LogP) is 11.5. The van der Waals surface area contributed by atoms with Crippen molar-refractivity contribution in [3.8, 4) is 16.2 Å². The van der Waals surface area contributed by atoms with Crippen LogP contribution >= 0.6 is 22.7 Å². The zero-order chi connectivity index (χ0) is 47.2. The fraction of sp³-hybridized carbons (Fsp3) is 0.326. The molecule has 350 valence electrons. The van der Waals surface area contributed by atoms with Crippen LogP contribution < -0.4 is 20.7 Å². The summed E-state index contributed by atoms with van der Waals surface area (Å²) in [7, 11) is 0. The number of ether oxygens (including phenoxy) is 2. The quantitative estimate of drug-likeness (QED) is 0.0624. The number of nitrogens with one attached hydrogen (secondary N) is 2. The molecule has 7 rings (SSSR count). The van der Waals surface area contributed by atoms with Gasteiger partial charge < -0.3 is 25.4 Å². The third kappa shape index (κ3) is 12.6. The molecule has 1 aliphatic carbocycles. The molecule has 9 nitrogen and oxygen atoms in total. The number of allylic oxidation sites excluding steroid dienone is 2. The van der Waals surface area contributed by atoms with Gasteiger partial charge in [-0.1, -0.05) is 17.3 Å². The van der Waals surface area contributed by atoms with Crippen molar-refractivity contribution < 1.29 is 59.1 Å².